The number of unbranched alkanes of at least 4 members (excludes halogenated alkanes) is 7. The Labute approximate surface area is 333 Å². The summed E-state index contributed by atoms with van der Waals surface area (Å²) in [5, 5.41) is 10.7. The molecule has 300 valence electrons. The molecule has 0 aliphatic heterocycles. The van der Waals surface area contributed by atoms with Gasteiger partial charge >= 0.3 is 0 Å². The molecule has 0 spiro atoms. The van der Waals surface area contributed by atoms with Crippen molar-refractivity contribution in [1.82, 2.24) is 0 Å². The van der Waals surface area contributed by atoms with E-state index in [1.807, 2.05) is 34.5 Å². The highest BCUT2D eigenvalue weighted by molar-refractivity contribution is 14.0. The highest BCUT2D eigenvalue weighted by Gasteiger charge is 2.33. The molecule has 0 aromatic heterocycles. The summed E-state index contributed by atoms with van der Waals surface area (Å²) in [5.74, 6) is 3.40. The topological polar surface area (TPSA) is 54.4 Å². The van der Waals surface area contributed by atoms with Crippen LogP contribution in [0.3, 0.4) is 0 Å². The van der Waals surface area contributed by atoms with Crippen molar-refractivity contribution in [1.29, 1.82) is 0 Å². The molecule has 4 rings (SSSR count). The van der Waals surface area contributed by atoms with Gasteiger partial charge in [-0.2, -0.15) is 0 Å². The van der Waals surface area contributed by atoms with Crippen LogP contribution in [-0.4, -0.2) is 17.7 Å². The van der Waals surface area contributed by atoms with Gasteiger partial charge in [0.1, 0.15) is 18.3 Å². The number of phenols is 1. The minimum atomic E-state index is 0. The van der Waals surface area contributed by atoms with Crippen LogP contribution in [0.5, 0.6) is 5.75 Å². The summed E-state index contributed by atoms with van der Waals surface area (Å²) in [6.45, 7) is 21.1. The first-order valence-electron chi connectivity index (χ1n) is 21.1. The summed E-state index contributed by atoms with van der Waals surface area (Å²) in [7, 11) is 0. The van der Waals surface area contributed by atoms with Gasteiger partial charge in [0.05, 0.1) is 0 Å². The Kier molecular flexibility index (Phi) is 43.9. The fraction of sp³-hybridized carbons (Fsp3) is 0.826. The van der Waals surface area contributed by atoms with E-state index in [-0.39, 0.29) is 32.8 Å². The quantitative estimate of drug-likeness (QED) is 0.142. The molecule has 0 radical (unpaired) electrons. The van der Waals surface area contributed by atoms with Crippen LogP contribution < -0.4 is 0 Å². The Hall–Kier alpha value is -0.910. The number of Topliss-reactive ketones (excluding diaryl/α,β-unsaturated/α-hetero) is 1. The van der Waals surface area contributed by atoms with Gasteiger partial charge in [0, 0.05) is 14.3 Å². The van der Waals surface area contributed by atoms with E-state index < -0.39 is 0 Å². The van der Waals surface area contributed by atoms with Crippen LogP contribution in [0.4, 0.5) is 0 Å². The number of benzene rings is 1. The maximum absolute atomic E-state index is 12.6. The van der Waals surface area contributed by atoms with Crippen molar-refractivity contribution < 1.29 is 16.1 Å². The lowest BCUT2D eigenvalue weighted by Gasteiger charge is -2.37. The summed E-state index contributed by atoms with van der Waals surface area (Å²) in [5.41, 5.74) is 3.81. The highest BCUT2D eigenvalue weighted by Crippen LogP contribution is 2.49. The molecular weight excluding hydrogens is 727 g/mol. The van der Waals surface area contributed by atoms with E-state index in [9.17, 15) is 9.90 Å². The first-order valence-corrected chi connectivity index (χ1v) is 21.1. The minimum absolute atomic E-state index is 0. The molecule has 3 aliphatic carbocycles. The van der Waals surface area contributed by atoms with Gasteiger partial charge in [-0.3, -0.25) is 4.79 Å². The number of phenolic OH excluding ortho intramolecular Hbond substituents is 1. The number of aryl methyl sites for hydroxylation is 1. The molecule has 2 unspecified atom stereocenters. The molecule has 3 fully saturated rings. The van der Waals surface area contributed by atoms with Crippen molar-refractivity contribution in [2.75, 3.05) is 0 Å². The Bertz CT molecular complexity index is 830. The molecule has 3 saturated carbocycles. The predicted molar refractivity (Wildman–Crippen MR) is 238 cm³/mol. The first-order chi connectivity index (χ1) is 23.4. The second-order valence-electron chi connectivity index (χ2n) is 14.1. The monoisotopic (exact) mass is 819 g/mol. The largest absolute Gasteiger partial charge is 0.508 e. The van der Waals surface area contributed by atoms with Crippen LogP contribution in [0.25, 0.3) is 0 Å². The Balaban J connectivity index is -0.000000281. The fourth-order valence-electron chi connectivity index (χ4n) is 7.37. The number of carbonyl (C=O) groups excluding carboxylic acids is 2. The van der Waals surface area contributed by atoms with Gasteiger partial charge in [-0.25, -0.2) is 0 Å². The maximum atomic E-state index is 12.6. The van der Waals surface area contributed by atoms with Crippen molar-refractivity contribution in [2.24, 2.45) is 11.8 Å². The van der Waals surface area contributed by atoms with Gasteiger partial charge in [-0.1, -0.05) is 172 Å². The van der Waals surface area contributed by atoms with E-state index in [1.54, 1.807) is 0 Å². The Morgan fingerprint density at radius 2 is 1.16 bits per heavy atom. The smallest absolute Gasteiger partial charge is 0.133 e. The molecular formula is C46H91IO3. The van der Waals surface area contributed by atoms with Crippen LogP contribution in [-0.2, 0) is 9.59 Å². The molecule has 4 heteroatoms. The number of carbonyl (C=O) groups is 2. The van der Waals surface area contributed by atoms with E-state index in [1.165, 1.54) is 145 Å². The summed E-state index contributed by atoms with van der Waals surface area (Å²) in [4.78, 5) is 20.6. The molecule has 3 atom stereocenters. The predicted octanol–water partition coefficient (Wildman–Crippen LogP) is 16.5. The summed E-state index contributed by atoms with van der Waals surface area (Å²) >= 11 is 0. The number of hydrogen-bond acceptors (Lipinski definition) is 3. The molecule has 0 bridgehead atoms. The van der Waals surface area contributed by atoms with Crippen LogP contribution >= 0.6 is 24.0 Å². The molecule has 1 aromatic carbocycles. The molecule has 1 aromatic rings. The normalized spacial score (nSPS) is 18.8. The second-order valence-corrected chi connectivity index (χ2v) is 14.1. The SMILES string of the molecule is C.C1CCCCC1.C=O.CC.CC.CCCCCC.CCCCCCC(=O)CC1CCC(c2cc(C)c(C3CC3)c(O)c2)C[C@@H]1CCCC.I.[HH]. The third-order valence-electron chi connectivity index (χ3n) is 10.2. The lowest BCUT2D eigenvalue weighted by molar-refractivity contribution is -0.120. The maximum Gasteiger partial charge on any atom is 0.133 e. The number of hydrogen-bond donors (Lipinski definition) is 1. The molecule has 3 nitrogen and oxygen atoms in total. The molecule has 3 aliphatic rings. The molecule has 0 amide bonds. The third-order valence-corrected chi connectivity index (χ3v) is 10.2. The zero-order valence-electron chi connectivity index (χ0n) is 34.3. The summed E-state index contributed by atoms with van der Waals surface area (Å²) in [6, 6.07) is 4.43. The summed E-state index contributed by atoms with van der Waals surface area (Å²) < 4.78 is 0. The lowest BCUT2D eigenvalue weighted by atomic mass is 9.68. The van der Waals surface area contributed by atoms with Crippen molar-refractivity contribution in [3.05, 3.63) is 28.8 Å². The average Bonchev–Trinajstić information content (AvgIpc) is 3.97. The first kappa shape index (κ1) is 55.8. The molecule has 0 heterocycles. The van der Waals surface area contributed by atoms with Gasteiger partial charge in [0.25, 0.3) is 0 Å². The van der Waals surface area contributed by atoms with Crippen LogP contribution in [0.2, 0.25) is 0 Å². The van der Waals surface area contributed by atoms with E-state index >= 15 is 0 Å². The van der Waals surface area contributed by atoms with E-state index in [0.717, 1.165) is 25.7 Å². The van der Waals surface area contributed by atoms with Crippen molar-refractivity contribution in [2.45, 2.75) is 236 Å². The van der Waals surface area contributed by atoms with Gasteiger partial charge in [-0.05, 0) is 91.9 Å². The summed E-state index contributed by atoms with van der Waals surface area (Å²) in [6.07, 6.45) is 30.6. The zero-order valence-corrected chi connectivity index (χ0v) is 36.6. The zero-order chi connectivity index (χ0) is 36.6. The fourth-order valence-corrected chi connectivity index (χ4v) is 7.37. The second kappa shape index (κ2) is 39.3. The van der Waals surface area contributed by atoms with E-state index in [4.69, 9.17) is 4.79 Å². The number of ketones is 1. The average molecular weight is 819 g/mol. The number of aromatic hydroxyl groups is 1. The van der Waals surface area contributed by atoms with E-state index in [0.29, 0.717) is 35.2 Å². The van der Waals surface area contributed by atoms with E-state index in [2.05, 4.69) is 46.8 Å². The van der Waals surface area contributed by atoms with Crippen LogP contribution in [0.1, 0.15) is 247 Å². The minimum Gasteiger partial charge on any atom is -0.508 e. The molecule has 50 heavy (non-hydrogen) atoms. The van der Waals surface area contributed by atoms with Gasteiger partial charge in [0.15, 0.2) is 0 Å². The van der Waals surface area contributed by atoms with Crippen molar-refractivity contribution in [3.63, 3.8) is 0 Å². The van der Waals surface area contributed by atoms with Crippen LogP contribution in [0.15, 0.2) is 12.1 Å². The van der Waals surface area contributed by atoms with Crippen molar-refractivity contribution >= 4 is 36.5 Å². The lowest BCUT2D eigenvalue weighted by Crippen LogP contribution is -2.26. The molecule has 1 N–H and O–H groups in total. The highest BCUT2D eigenvalue weighted by atomic mass is 127. The number of rotatable bonds is 15. The third kappa shape index (κ3) is 25.9. The Morgan fingerprint density at radius 3 is 1.60 bits per heavy atom. The Morgan fingerprint density at radius 1 is 0.700 bits per heavy atom. The van der Waals surface area contributed by atoms with Gasteiger partial charge < -0.3 is 9.90 Å². The molecule has 0 saturated heterocycles. The van der Waals surface area contributed by atoms with Crippen LogP contribution in [0, 0.1) is 18.8 Å². The van der Waals surface area contributed by atoms with Gasteiger partial charge in [0.2, 0.25) is 0 Å². The van der Waals surface area contributed by atoms with Gasteiger partial charge in [-0.15, -0.1) is 24.0 Å². The number of halogens is 1. The standard InChI is InChI=1S/C28H44O2.C6H12.C6H14.2C2H6.CH2O.CH4.HI.H2/c1-4-6-8-9-11-26(29)18-24-15-14-23(17-22(24)10-7-5-2)25-16-20(3)28(21-12-13-21)27(30)19-25;1-2-4-6-5-3-1;1-3-5-6-4-2;3*1-2;;;/h16,19,21-24,30H,4-15,17-18H2,1-3H3;1-6H2;3-6H2,1-2H3;2*1-2H3;1H2;1H4;2*1H/t22-,23?,24?;;;;;;;;/m0......../s1. The van der Waals surface area contributed by atoms with Crippen molar-refractivity contribution in [3.8, 4) is 5.75 Å².